The van der Waals surface area contributed by atoms with E-state index in [1.807, 2.05) is 79.7 Å². The summed E-state index contributed by atoms with van der Waals surface area (Å²) in [6, 6.07) is 36.1. The molecule has 0 amide bonds. The molecule has 0 radical (unpaired) electrons. The van der Waals surface area contributed by atoms with Crippen LogP contribution in [0.3, 0.4) is 0 Å². The number of aromatic nitrogens is 4. The smallest absolute Gasteiger partial charge is 0.187 e. The maximum absolute atomic E-state index is 9.33. The number of fused-ring (bicyclic) bond motifs is 2. The maximum Gasteiger partial charge on any atom is 0.187 e. The van der Waals surface area contributed by atoms with E-state index in [0.717, 1.165) is 33.5 Å². The summed E-state index contributed by atoms with van der Waals surface area (Å²) < 4.78 is 0. The van der Waals surface area contributed by atoms with Crippen LogP contribution in [0.4, 0.5) is 11.4 Å². The third-order valence-corrected chi connectivity index (χ3v) is 7.60. The molecule has 0 bridgehead atoms. The molecule has 7 heteroatoms. The molecular weight excluding hydrogens is 554 g/mol. The summed E-state index contributed by atoms with van der Waals surface area (Å²) in [6.45, 7) is 16.7. The maximum atomic E-state index is 9.33. The number of hydrogen-bond donors (Lipinski definition) is 0. The van der Waals surface area contributed by atoms with Gasteiger partial charge in [0.1, 0.15) is 0 Å². The lowest BCUT2D eigenvalue weighted by atomic mass is 10.0. The minimum Gasteiger partial charge on any atom is -0.244 e. The lowest BCUT2D eigenvalue weighted by molar-refractivity contribution is 1.27. The molecule has 0 aliphatic heterocycles. The van der Waals surface area contributed by atoms with Crippen molar-refractivity contribution in [2.24, 2.45) is 0 Å². The van der Waals surface area contributed by atoms with E-state index >= 15 is 0 Å². The highest BCUT2D eigenvalue weighted by molar-refractivity contribution is 5.96. The van der Waals surface area contributed by atoms with Gasteiger partial charge in [-0.2, -0.15) is 5.26 Å². The predicted octanol–water partition coefficient (Wildman–Crippen LogP) is 9.52. The number of aryl methyl sites for hydroxylation is 1. The van der Waals surface area contributed by atoms with Crippen molar-refractivity contribution in [1.29, 1.82) is 5.26 Å². The standard InChI is InChI=1S/C38H21N7/c1-23-4-8-25(9-5-23)35-36(26-10-6-24(22-39)7-11-26)43-32-21-34-33(20-31(32)42-35)44-37(27-12-16-29(40-2)17-13-27)38(45-34)28-14-18-30(41-3)19-15-28/h4-21H,1H3. The summed E-state index contributed by atoms with van der Waals surface area (Å²) >= 11 is 0. The summed E-state index contributed by atoms with van der Waals surface area (Å²) in [7, 11) is 0. The molecule has 0 aliphatic carbocycles. The average molecular weight is 576 g/mol. The third-order valence-electron chi connectivity index (χ3n) is 7.60. The first-order chi connectivity index (χ1) is 22.0. The van der Waals surface area contributed by atoms with Gasteiger partial charge in [-0.15, -0.1) is 0 Å². The topological polar surface area (TPSA) is 84.1 Å². The van der Waals surface area contributed by atoms with Crippen molar-refractivity contribution in [2.45, 2.75) is 6.92 Å². The van der Waals surface area contributed by atoms with Crippen molar-refractivity contribution in [3.8, 4) is 51.1 Å². The molecular formula is C38H21N7. The van der Waals surface area contributed by atoms with E-state index in [-0.39, 0.29) is 0 Å². The van der Waals surface area contributed by atoms with E-state index in [0.29, 0.717) is 56.1 Å². The van der Waals surface area contributed by atoms with E-state index in [1.54, 1.807) is 36.4 Å². The number of rotatable bonds is 4. The van der Waals surface area contributed by atoms with Gasteiger partial charge in [0.2, 0.25) is 0 Å². The molecule has 2 heterocycles. The first-order valence-electron chi connectivity index (χ1n) is 14.1. The van der Waals surface area contributed by atoms with E-state index in [9.17, 15) is 5.26 Å². The Kier molecular flexibility index (Phi) is 6.72. The van der Waals surface area contributed by atoms with Crippen LogP contribution < -0.4 is 0 Å². The number of nitrogens with zero attached hydrogens (tertiary/aromatic N) is 7. The van der Waals surface area contributed by atoms with Gasteiger partial charge < -0.3 is 0 Å². The van der Waals surface area contributed by atoms with Gasteiger partial charge >= 0.3 is 0 Å². The zero-order valence-corrected chi connectivity index (χ0v) is 24.0. The number of benzene rings is 5. The highest BCUT2D eigenvalue weighted by atomic mass is 14.9. The first-order valence-corrected chi connectivity index (χ1v) is 14.1. The second kappa shape index (κ2) is 11.2. The Labute approximate surface area is 259 Å². The van der Waals surface area contributed by atoms with Crippen LogP contribution >= 0.6 is 0 Å². The Morgan fingerprint density at radius 3 is 1.11 bits per heavy atom. The Hall–Kier alpha value is -6.75. The van der Waals surface area contributed by atoms with E-state index < -0.39 is 0 Å². The molecule has 0 saturated heterocycles. The minimum absolute atomic E-state index is 0.538. The van der Waals surface area contributed by atoms with Gasteiger partial charge in [-0.3, -0.25) is 0 Å². The zero-order valence-electron chi connectivity index (χ0n) is 24.0. The van der Waals surface area contributed by atoms with Gasteiger partial charge in [0.15, 0.2) is 11.4 Å². The summed E-state index contributed by atoms with van der Waals surface area (Å²) in [4.78, 5) is 27.4. The van der Waals surface area contributed by atoms with Gasteiger partial charge in [0.05, 0.1) is 69.6 Å². The Morgan fingerprint density at radius 1 is 0.489 bits per heavy atom. The van der Waals surface area contributed by atoms with E-state index in [1.165, 1.54) is 0 Å². The van der Waals surface area contributed by atoms with Crippen LogP contribution in [0.5, 0.6) is 0 Å². The molecule has 0 unspecified atom stereocenters. The summed E-state index contributed by atoms with van der Waals surface area (Å²) in [5.74, 6) is 0. The molecule has 45 heavy (non-hydrogen) atoms. The lowest BCUT2D eigenvalue weighted by Crippen LogP contribution is -1.99. The van der Waals surface area contributed by atoms with Gasteiger partial charge in [-0.1, -0.05) is 90.5 Å². The minimum atomic E-state index is 0.538. The van der Waals surface area contributed by atoms with E-state index in [2.05, 4.69) is 15.8 Å². The fourth-order valence-corrected chi connectivity index (χ4v) is 5.21. The van der Waals surface area contributed by atoms with Crippen molar-refractivity contribution in [1.82, 2.24) is 19.9 Å². The van der Waals surface area contributed by atoms with Crippen LogP contribution in [-0.4, -0.2) is 19.9 Å². The second-order valence-corrected chi connectivity index (χ2v) is 10.5. The van der Waals surface area contributed by atoms with E-state index in [4.69, 9.17) is 33.1 Å². The molecule has 7 aromatic rings. The highest BCUT2D eigenvalue weighted by Gasteiger charge is 2.18. The van der Waals surface area contributed by atoms with Gasteiger partial charge in [-0.05, 0) is 42.3 Å². The van der Waals surface area contributed by atoms with Gasteiger partial charge in [-0.25, -0.2) is 29.6 Å². The van der Waals surface area contributed by atoms with Gasteiger partial charge in [0.25, 0.3) is 0 Å². The quantitative estimate of drug-likeness (QED) is 0.154. The molecule has 0 saturated carbocycles. The highest BCUT2D eigenvalue weighted by Crippen LogP contribution is 2.36. The molecule has 7 rings (SSSR count). The summed E-state index contributed by atoms with van der Waals surface area (Å²) in [6.07, 6.45) is 0. The molecule has 208 valence electrons. The van der Waals surface area contributed by atoms with Crippen molar-refractivity contribution in [3.05, 3.63) is 143 Å². The zero-order chi connectivity index (χ0) is 30.9. The van der Waals surface area contributed by atoms with Crippen LogP contribution in [0.15, 0.2) is 109 Å². The SMILES string of the molecule is [C-]#[N+]c1ccc(-c2nc3cc4nc(-c5ccc(C)cc5)c(-c5ccc(C#N)cc5)nc4cc3nc2-c2ccc([N+]#[C-])cc2)cc1. The van der Waals surface area contributed by atoms with Crippen LogP contribution in [-0.2, 0) is 0 Å². The molecule has 0 aliphatic rings. The normalized spacial score (nSPS) is 10.7. The number of hydrogen-bond acceptors (Lipinski definition) is 5. The molecule has 7 nitrogen and oxygen atoms in total. The predicted molar refractivity (Wildman–Crippen MR) is 176 cm³/mol. The van der Waals surface area contributed by atoms with Crippen LogP contribution in [0.1, 0.15) is 11.1 Å². The Morgan fingerprint density at radius 2 is 0.800 bits per heavy atom. The molecule has 0 N–H and O–H groups in total. The average Bonchev–Trinajstić information content (AvgIpc) is 3.10. The number of nitriles is 1. The Balaban J connectivity index is 1.48. The molecule has 5 aromatic carbocycles. The second-order valence-electron chi connectivity index (χ2n) is 10.5. The molecule has 0 fully saturated rings. The fourth-order valence-electron chi connectivity index (χ4n) is 5.21. The van der Waals surface area contributed by atoms with Crippen LogP contribution in [0, 0.1) is 31.4 Å². The van der Waals surface area contributed by atoms with Crippen LogP contribution in [0.25, 0.3) is 76.8 Å². The van der Waals surface area contributed by atoms with Crippen LogP contribution in [0.2, 0.25) is 0 Å². The van der Waals surface area contributed by atoms with Gasteiger partial charge in [0, 0.05) is 11.1 Å². The van der Waals surface area contributed by atoms with Crippen molar-refractivity contribution >= 4 is 33.4 Å². The molecule has 0 atom stereocenters. The summed E-state index contributed by atoms with van der Waals surface area (Å²) in [5.41, 5.74) is 11.6. The Bertz CT molecular complexity index is 2370. The monoisotopic (exact) mass is 575 g/mol. The lowest BCUT2D eigenvalue weighted by Gasteiger charge is -2.13. The first kappa shape index (κ1) is 27.1. The third kappa shape index (κ3) is 5.10. The molecule has 0 spiro atoms. The van der Waals surface area contributed by atoms with Crippen molar-refractivity contribution in [3.63, 3.8) is 0 Å². The largest absolute Gasteiger partial charge is 0.244 e. The van der Waals surface area contributed by atoms with Crippen molar-refractivity contribution < 1.29 is 0 Å². The molecule has 2 aromatic heterocycles. The summed E-state index contributed by atoms with van der Waals surface area (Å²) in [5, 5.41) is 9.33. The fraction of sp³-hybridized carbons (Fsp3) is 0.0263. The van der Waals surface area contributed by atoms with Crippen molar-refractivity contribution in [2.75, 3.05) is 0 Å².